The summed E-state index contributed by atoms with van der Waals surface area (Å²) in [6.07, 6.45) is -4.95. The first-order chi connectivity index (χ1) is 27.9. The number of carbonyl (C=O) groups excluding carboxylic acids is 4. The van der Waals surface area contributed by atoms with E-state index < -0.39 is 45.2 Å². The van der Waals surface area contributed by atoms with Crippen molar-refractivity contribution < 1.29 is 42.2 Å². The van der Waals surface area contributed by atoms with Crippen molar-refractivity contribution in [3.05, 3.63) is 174 Å². The minimum atomic E-state index is -4.95. The maximum Gasteiger partial charge on any atom is 0.417 e. The number of hydrogen-bond donors (Lipinski definition) is 0. The van der Waals surface area contributed by atoms with Crippen molar-refractivity contribution in [2.24, 2.45) is 0 Å². The molecule has 2 aliphatic heterocycles. The van der Waals surface area contributed by atoms with Crippen molar-refractivity contribution in [2.45, 2.75) is 26.9 Å². The molecule has 0 atom stereocenters. The topological polar surface area (TPSA) is 161 Å². The predicted molar refractivity (Wildman–Crippen MR) is 210 cm³/mol. The zero-order valence-electron chi connectivity index (χ0n) is 31.1. The zero-order valence-corrected chi connectivity index (χ0v) is 31.1. The Morgan fingerprint density at radius 2 is 0.814 bits per heavy atom. The number of anilines is 2. The quantitative estimate of drug-likeness (QED) is 0.0876. The lowest BCUT2D eigenvalue weighted by Gasteiger charge is -2.21. The van der Waals surface area contributed by atoms with E-state index in [2.05, 4.69) is 0 Å². The summed E-state index contributed by atoms with van der Waals surface area (Å²) in [6, 6.07) is 24.7. The first-order valence-electron chi connectivity index (χ1n) is 17.8. The van der Waals surface area contributed by atoms with E-state index in [0.29, 0.717) is 38.3 Å². The van der Waals surface area contributed by atoms with Crippen LogP contribution in [0.2, 0.25) is 0 Å². The first kappa shape index (κ1) is 38.1. The summed E-state index contributed by atoms with van der Waals surface area (Å²) >= 11 is 0. The Bertz CT molecular complexity index is 2920. The van der Waals surface area contributed by atoms with Gasteiger partial charge in [0.2, 0.25) is 0 Å². The normalized spacial score (nSPS) is 13.6. The highest BCUT2D eigenvalue weighted by molar-refractivity contribution is 6.35. The molecule has 2 aliphatic rings. The van der Waals surface area contributed by atoms with Crippen LogP contribution in [0.4, 0.5) is 35.9 Å². The summed E-state index contributed by atoms with van der Waals surface area (Å²) < 4.78 is 44.4. The molecular weight excluding hydrogens is 769 g/mol. The molecule has 0 N–H and O–H groups in total. The number of alkyl halides is 3. The molecule has 0 radical (unpaired) electrons. The molecule has 15 heteroatoms. The standard InChI is InChI=1S/C44H27F3N4O8/c1-22-17-29(50(56)57)8-12-31(22)25-4-10-35-37(19-25)42(54)48(40(35)52)27-6-14-33(24(3)16-27)34-15-7-28(21-39(34)44(45,46)47)49-41(53)36-11-5-26(20-38(36)43(49)55)32-13-9-30(51(58)59)18-23(32)2/h4-21H,1-3H3. The van der Waals surface area contributed by atoms with Gasteiger partial charge in [-0.05, 0) is 132 Å². The Hall–Kier alpha value is -7.81. The molecule has 0 fully saturated rings. The van der Waals surface area contributed by atoms with Gasteiger partial charge in [-0.15, -0.1) is 0 Å². The fourth-order valence-electron chi connectivity index (χ4n) is 7.69. The molecule has 0 saturated heterocycles. The van der Waals surface area contributed by atoms with E-state index in [1.807, 2.05) is 0 Å². The minimum absolute atomic E-state index is 0.0202. The van der Waals surface area contributed by atoms with Crippen molar-refractivity contribution in [1.29, 1.82) is 0 Å². The van der Waals surface area contributed by atoms with Crippen LogP contribution in [0.3, 0.4) is 0 Å². The highest BCUT2D eigenvalue weighted by Gasteiger charge is 2.41. The third-order valence-corrected chi connectivity index (χ3v) is 10.6. The SMILES string of the molecule is Cc1cc([N+](=O)[O-])ccc1-c1ccc2c(c1)C(=O)N(c1ccc(-c3ccc(N4C(=O)c5ccc(-c6ccc([N+](=O)[O-])cc6C)cc5C4=O)cc3C(F)(F)F)c(C)c1)C2=O. The fourth-order valence-corrected chi connectivity index (χ4v) is 7.69. The van der Waals surface area contributed by atoms with Crippen LogP contribution in [0, 0.1) is 41.0 Å². The maximum atomic E-state index is 14.8. The number of nitro groups is 2. The molecule has 6 aromatic rings. The van der Waals surface area contributed by atoms with Gasteiger partial charge < -0.3 is 0 Å². The fraction of sp³-hybridized carbons (Fsp3) is 0.0909. The lowest BCUT2D eigenvalue weighted by molar-refractivity contribution is -0.385. The Morgan fingerprint density at radius 3 is 1.22 bits per heavy atom. The van der Waals surface area contributed by atoms with E-state index in [4.69, 9.17) is 0 Å². The van der Waals surface area contributed by atoms with Crippen LogP contribution in [0.5, 0.6) is 0 Å². The highest BCUT2D eigenvalue weighted by atomic mass is 19.4. The van der Waals surface area contributed by atoms with E-state index in [1.165, 1.54) is 85.8 Å². The van der Waals surface area contributed by atoms with Gasteiger partial charge in [-0.1, -0.05) is 24.3 Å². The number of fused-ring (bicyclic) bond motifs is 2. The third kappa shape index (κ3) is 6.28. The summed E-state index contributed by atoms with van der Waals surface area (Å²) in [4.78, 5) is 77.4. The summed E-state index contributed by atoms with van der Waals surface area (Å²) in [5.74, 6) is -2.96. The number of nitrogens with zero attached hydrogens (tertiary/aromatic N) is 4. The van der Waals surface area contributed by atoms with E-state index >= 15 is 0 Å². The van der Waals surface area contributed by atoms with Gasteiger partial charge in [-0.3, -0.25) is 39.4 Å². The highest BCUT2D eigenvalue weighted by Crippen LogP contribution is 2.43. The van der Waals surface area contributed by atoms with Crippen LogP contribution < -0.4 is 9.80 Å². The van der Waals surface area contributed by atoms with Gasteiger partial charge in [0.1, 0.15) is 0 Å². The lowest BCUT2D eigenvalue weighted by atomic mass is 9.94. The van der Waals surface area contributed by atoms with Gasteiger partial charge >= 0.3 is 6.18 Å². The van der Waals surface area contributed by atoms with Crippen LogP contribution in [0.1, 0.15) is 63.7 Å². The average molecular weight is 797 g/mol. The number of rotatable bonds is 7. The predicted octanol–water partition coefficient (Wildman–Crippen LogP) is 10.0. The number of aryl methyl sites for hydroxylation is 3. The number of halogens is 3. The summed E-state index contributed by atoms with van der Waals surface area (Å²) in [5, 5.41) is 22.4. The molecule has 0 spiro atoms. The number of amides is 4. The van der Waals surface area contributed by atoms with E-state index in [1.54, 1.807) is 32.0 Å². The van der Waals surface area contributed by atoms with Crippen molar-refractivity contribution in [2.75, 3.05) is 9.80 Å². The van der Waals surface area contributed by atoms with Gasteiger partial charge in [0.25, 0.3) is 35.0 Å². The second-order valence-corrected chi connectivity index (χ2v) is 14.2. The maximum absolute atomic E-state index is 14.8. The number of nitro benzene ring substituents is 2. The molecule has 0 aromatic heterocycles. The van der Waals surface area contributed by atoms with Crippen molar-refractivity contribution in [3.8, 4) is 33.4 Å². The summed E-state index contributed by atoms with van der Waals surface area (Å²) in [7, 11) is 0. The zero-order chi connectivity index (χ0) is 42.2. The number of imide groups is 2. The molecule has 8 rings (SSSR count). The summed E-state index contributed by atoms with van der Waals surface area (Å²) in [6.45, 7) is 4.86. The smallest absolute Gasteiger partial charge is 0.268 e. The average Bonchev–Trinajstić information content (AvgIpc) is 3.59. The molecule has 4 amide bonds. The molecule has 0 unspecified atom stereocenters. The second-order valence-electron chi connectivity index (χ2n) is 14.2. The molecule has 0 saturated carbocycles. The van der Waals surface area contributed by atoms with Gasteiger partial charge in [-0.25, -0.2) is 9.80 Å². The lowest BCUT2D eigenvalue weighted by Crippen LogP contribution is -2.29. The minimum Gasteiger partial charge on any atom is -0.268 e. The monoisotopic (exact) mass is 796 g/mol. The van der Waals surface area contributed by atoms with Gasteiger partial charge in [0.15, 0.2) is 0 Å². The Morgan fingerprint density at radius 1 is 0.441 bits per heavy atom. The molecule has 2 heterocycles. The molecule has 6 aromatic carbocycles. The Labute approximate surface area is 332 Å². The third-order valence-electron chi connectivity index (χ3n) is 10.6. The Kier molecular flexibility index (Phi) is 8.84. The molecule has 0 aliphatic carbocycles. The van der Waals surface area contributed by atoms with E-state index in [9.17, 15) is 52.6 Å². The molecule has 292 valence electrons. The number of carbonyl (C=O) groups is 4. The number of benzene rings is 6. The van der Waals surface area contributed by atoms with Crippen LogP contribution in [0.15, 0.2) is 109 Å². The first-order valence-corrected chi connectivity index (χ1v) is 17.8. The van der Waals surface area contributed by atoms with Crippen molar-refractivity contribution in [3.63, 3.8) is 0 Å². The number of non-ortho nitro benzene ring substituents is 2. The summed E-state index contributed by atoms with van der Waals surface area (Å²) in [5.41, 5.74) is 2.04. The van der Waals surface area contributed by atoms with Crippen molar-refractivity contribution in [1.82, 2.24) is 0 Å². The molecular formula is C44H27F3N4O8. The van der Waals surface area contributed by atoms with Gasteiger partial charge in [0.05, 0.1) is 49.0 Å². The van der Waals surface area contributed by atoms with Gasteiger partial charge in [-0.2, -0.15) is 13.2 Å². The van der Waals surface area contributed by atoms with Crippen LogP contribution >= 0.6 is 0 Å². The second kappa shape index (κ2) is 13.7. The van der Waals surface area contributed by atoms with E-state index in [-0.39, 0.29) is 61.7 Å². The van der Waals surface area contributed by atoms with Crippen molar-refractivity contribution >= 4 is 46.4 Å². The largest absolute Gasteiger partial charge is 0.417 e. The molecule has 0 bridgehead atoms. The number of hydrogen-bond acceptors (Lipinski definition) is 8. The van der Waals surface area contributed by atoms with Crippen LogP contribution in [0.25, 0.3) is 33.4 Å². The molecule has 59 heavy (non-hydrogen) atoms. The molecule has 12 nitrogen and oxygen atoms in total. The van der Waals surface area contributed by atoms with Crippen LogP contribution in [-0.2, 0) is 6.18 Å². The van der Waals surface area contributed by atoms with Gasteiger partial charge in [0, 0.05) is 24.3 Å². The Balaban J connectivity index is 1.09. The van der Waals surface area contributed by atoms with Crippen LogP contribution in [-0.4, -0.2) is 33.5 Å². The van der Waals surface area contributed by atoms with E-state index in [0.717, 1.165) is 17.0 Å².